The Labute approximate surface area is 159 Å². The van der Waals surface area contributed by atoms with E-state index < -0.39 is 17.5 Å². The SMILES string of the molecule is N=Cc1c(N)cc(F)c2nc(-c3ccc(C(N)=O)c(F)c3)c3c(c12)CCCC3. The minimum Gasteiger partial charge on any atom is -0.398 e. The number of hydrogen-bond acceptors (Lipinski definition) is 4. The van der Waals surface area contributed by atoms with Gasteiger partial charge in [-0.2, -0.15) is 0 Å². The van der Waals surface area contributed by atoms with E-state index >= 15 is 0 Å². The summed E-state index contributed by atoms with van der Waals surface area (Å²) in [5.41, 5.74) is 14.4. The summed E-state index contributed by atoms with van der Waals surface area (Å²) >= 11 is 0. The van der Waals surface area contributed by atoms with Gasteiger partial charge in [0, 0.05) is 28.4 Å². The van der Waals surface area contributed by atoms with E-state index in [2.05, 4.69) is 4.98 Å². The predicted molar refractivity (Wildman–Crippen MR) is 105 cm³/mol. The van der Waals surface area contributed by atoms with Crippen LogP contribution in [0.2, 0.25) is 0 Å². The minimum absolute atomic E-state index is 0.114. The van der Waals surface area contributed by atoms with Gasteiger partial charge >= 0.3 is 0 Å². The van der Waals surface area contributed by atoms with Crippen LogP contribution >= 0.6 is 0 Å². The number of nitrogen functional groups attached to an aromatic ring is 1. The third-order valence-corrected chi connectivity index (χ3v) is 5.26. The summed E-state index contributed by atoms with van der Waals surface area (Å²) in [6.07, 6.45) is 4.39. The molecule has 0 saturated carbocycles. The van der Waals surface area contributed by atoms with Crippen LogP contribution in [-0.4, -0.2) is 17.1 Å². The molecule has 0 bridgehead atoms. The summed E-state index contributed by atoms with van der Waals surface area (Å²) in [6.45, 7) is 0. The molecule has 1 amide bonds. The average Bonchev–Trinajstić information content (AvgIpc) is 2.67. The Morgan fingerprint density at radius 2 is 1.82 bits per heavy atom. The van der Waals surface area contributed by atoms with E-state index in [4.69, 9.17) is 16.9 Å². The van der Waals surface area contributed by atoms with Crippen LogP contribution in [0.4, 0.5) is 14.5 Å². The first-order valence-corrected chi connectivity index (χ1v) is 8.96. The number of hydrogen-bond donors (Lipinski definition) is 3. The van der Waals surface area contributed by atoms with Crippen molar-refractivity contribution >= 4 is 28.7 Å². The maximum atomic E-state index is 14.7. The molecule has 0 saturated heterocycles. The lowest BCUT2D eigenvalue weighted by Gasteiger charge is -2.23. The molecule has 0 fully saturated rings. The normalized spacial score (nSPS) is 13.4. The highest BCUT2D eigenvalue weighted by Crippen LogP contribution is 2.38. The van der Waals surface area contributed by atoms with Crippen molar-refractivity contribution in [2.45, 2.75) is 25.7 Å². The maximum absolute atomic E-state index is 14.7. The van der Waals surface area contributed by atoms with Crippen LogP contribution < -0.4 is 11.5 Å². The highest BCUT2D eigenvalue weighted by atomic mass is 19.1. The zero-order valence-corrected chi connectivity index (χ0v) is 15.0. The predicted octanol–water partition coefficient (Wildman–Crippen LogP) is 3.74. The number of nitrogens with one attached hydrogen (secondary N) is 1. The molecular weight excluding hydrogens is 362 g/mol. The molecule has 7 heteroatoms. The lowest BCUT2D eigenvalue weighted by Crippen LogP contribution is -2.13. The number of benzene rings is 2. The van der Waals surface area contributed by atoms with Gasteiger partial charge in [-0.25, -0.2) is 13.8 Å². The Bertz CT molecular complexity index is 1160. The largest absolute Gasteiger partial charge is 0.398 e. The summed E-state index contributed by atoms with van der Waals surface area (Å²) < 4.78 is 29.1. The molecule has 0 aliphatic heterocycles. The topological polar surface area (TPSA) is 106 Å². The molecule has 5 nitrogen and oxygen atoms in total. The van der Waals surface area contributed by atoms with E-state index in [1.54, 1.807) is 6.07 Å². The van der Waals surface area contributed by atoms with E-state index in [0.29, 0.717) is 35.0 Å². The molecule has 4 rings (SSSR count). The number of primary amides is 1. The lowest BCUT2D eigenvalue weighted by atomic mass is 9.84. The number of carbonyl (C=O) groups excluding carboxylic acids is 1. The molecule has 0 spiro atoms. The fraction of sp³-hybridized carbons (Fsp3) is 0.190. The maximum Gasteiger partial charge on any atom is 0.251 e. The first-order chi connectivity index (χ1) is 13.4. The summed E-state index contributed by atoms with van der Waals surface area (Å²) in [6, 6.07) is 5.25. The zero-order chi connectivity index (χ0) is 20.0. The number of nitrogens with two attached hydrogens (primary N) is 2. The van der Waals surface area contributed by atoms with Gasteiger partial charge in [0.05, 0.1) is 11.3 Å². The van der Waals surface area contributed by atoms with Crippen LogP contribution in [0.3, 0.4) is 0 Å². The van der Waals surface area contributed by atoms with Gasteiger partial charge in [-0.1, -0.05) is 6.07 Å². The second-order valence-corrected chi connectivity index (χ2v) is 6.91. The summed E-state index contributed by atoms with van der Waals surface area (Å²) in [7, 11) is 0. The van der Waals surface area contributed by atoms with Gasteiger partial charge in [0.15, 0.2) is 5.82 Å². The first-order valence-electron chi connectivity index (χ1n) is 8.96. The third kappa shape index (κ3) is 2.70. The van der Waals surface area contributed by atoms with Crippen molar-refractivity contribution in [3.05, 3.63) is 58.2 Å². The Morgan fingerprint density at radius 1 is 1.11 bits per heavy atom. The van der Waals surface area contributed by atoms with Crippen molar-refractivity contribution in [2.75, 3.05) is 5.73 Å². The minimum atomic E-state index is -0.852. The molecule has 2 aromatic carbocycles. The number of halogens is 2. The van der Waals surface area contributed by atoms with Crippen molar-refractivity contribution in [3.63, 3.8) is 0 Å². The van der Waals surface area contributed by atoms with Gasteiger partial charge in [-0.3, -0.25) is 4.79 Å². The van der Waals surface area contributed by atoms with Crippen molar-refractivity contribution in [3.8, 4) is 11.3 Å². The molecule has 5 N–H and O–H groups in total. The number of aryl methyl sites for hydroxylation is 1. The van der Waals surface area contributed by atoms with E-state index in [1.165, 1.54) is 12.1 Å². The van der Waals surface area contributed by atoms with Gasteiger partial charge < -0.3 is 16.9 Å². The molecular formula is C21H18F2N4O. The highest BCUT2D eigenvalue weighted by Gasteiger charge is 2.24. The van der Waals surface area contributed by atoms with Crippen molar-refractivity contribution < 1.29 is 13.6 Å². The van der Waals surface area contributed by atoms with Gasteiger partial charge in [-0.15, -0.1) is 0 Å². The number of pyridine rings is 1. The molecule has 28 heavy (non-hydrogen) atoms. The van der Waals surface area contributed by atoms with E-state index in [9.17, 15) is 13.6 Å². The molecule has 3 aromatic rings. The van der Waals surface area contributed by atoms with Crippen LogP contribution in [0.5, 0.6) is 0 Å². The third-order valence-electron chi connectivity index (χ3n) is 5.26. The van der Waals surface area contributed by atoms with E-state index in [1.807, 2.05) is 0 Å². The van der Waals surface area contributed by atoms with Crippen LogP contribution in [0.15, 0.2) is 24.3 Å². The number of anilines is 1. The number of fused-ring (bicyclic) bond motifs is 3. The van der Waals surface area contributed by atoms with Crippen LogP contribution in [0, 0.1) is 17.0 Å². The van der Waals surface area contributed by atoms with Gasteiger partial charge in [0.25, 0.3) is 5.91 Å². The Hall–Kier alpha value is -3.35. The number of rotatable bonds is 3. The number of nitrogens with zero attached hydrogens (tertiary/aromatic N) is 1. The molecule has 0 unspecified atom stereocenters. The monoisotopic (exact) mass is 380 g/mol. The fourth-order valence-corrected chi connectivity index (χ4v) is 3.97. The fourth-order valence-electron chi connectivity index (χ4n) is 3.97. The molecule has 0 radical (unpaired) electrons. The van der Waals surface area contributed by atoms with Crippen molar-refractivity contribution in [2.24, 2.45) is 5.73 Å². The molecule has 142 valence electrons. The molecule has 1 aliphatic carbocycles. The molecule has 1 aromatic heterocycles. The van der Waals surface area contributed by atoms with Crippen molar-refractivity contribution in [1.29, 1.82) is 5.41 Å². The smallest absolute Gasteiger partial charge is 0.251 e. The Kier molecular flexibility index (Phi) is 4.30. The Morgan fingerprint density at radius 3 is 2.46 bits per heavy atom. The van der Waals surface area contributed by atoms with Crippen LogP contribution in [0.25, 0.3) is 22.2 Å². The molecule has 1 aliphatic rings. The lowest BCUT2D eigenvalue weighted by molar-refractivity contribution is 0.0996. The summed E-state index contributed by atoms with van der Waals surface area (Å²) in [4.78, 5) is 15.8. The van der Waals surface area contributed by atoms with Crippen LogP contribution in [-0.2, 0) is 12.8 Å². The zero-order valence-electron chi connectivity index (χ0n) is 15.0. The quantitative estimate of drug-likeness (QED) is 0.476. The standard InChI is InChI=1S/C21H18F2N4O/c22-15-7-10(5-6-13(15)21(26)28)19-12-4-2-1-3-11(12)18-14(9-24)17(25)8-16(23)20(18)27-19/h5-9,24H,1-4,25H2,(H2,26,28). The van der Waals surface area contributed by atoms with Crippen LogP contribution in [0.1, 0.15) is 39.9 Å². The summed E-state index contributed by atoms with van der Waals surface area (Å²) in [5, 5.41) is 8.27. The first kappa shape index (κ1) is 18.0. The number of amides is 1. The molecule has 0 atom stereocenters. The van der Waals surface area contributed by atoms with E-state index in [-0.39, 0.29) is 16.8 Å². The second-order valence-electron chi connectivity index (χ2n) is 6.91. The average molecular weight is 380 g/mol. The van der Waals surface area contributed by atoms with Crippen molar-refractivity contribution in [1.82, 2.24) is 4.98 Å². The Balaban J connectivity index is 2.07. The summed E-state index contributed by atoms with van der Waals surface area (Å²) in [5.74, 6) is -2.17. The van der Waals surface area contributed by atoms with E-state index in [0.717, 1.165) is 36.2 Å². The number of aromatic nitrogens is 1. The molecule has 1 heterocycles. The van der Waals surface area contributed by atoms with Gasteiger partial charge in [-0.05, 0) is 55.0 Å². The number of carbonyl (C=O) groups is 1. The second kappa shape index (κ2) is 6.67. The highest BCUT2D eigenvalue weighted by molar-refractivity contribution is 6.05. The van der Waals surface area contributed by atoms with Gasteiger partial charge in [0.2, 0.25) is 0 Å². The van der Waals surface area contributed by atoms with Gasteiger partial charge in [0.1, 0.15) is 11.3 Å².